The summed E-state index contributed by atoms with van der Waals surface area (Å²) in [6, 6.07) is 10.6. The molecule has 1 aliphatic carbocycles. The molecular formula is C13H18O. The number of ether oxygens (including phenoxy) is 1. The highest BCUT2D eigenvalue weighted by Crippen LogP contribution is 2.20. The Morgan fingerprint density at radius 2 is 1.79 bits per heavy atom. The van der Waals surface area contributed by atoms with Crippen molar-refractivity contribution in [2.45, 2.75) is 38.2 Å². The molecule has 1 heteroatoms. The molecule has 1 saturated carbocycles. The highest BCUT2D eigenvalue weighted by molar-refractivity contribution is 5.14. The molecule has 1 nitrogen and oxygen atoms in total. The maximum atomic E-state index is 5.81. The van der Waals surface area contributed by atoms with Crippen molar-refractivity contribution in [3.05, 3.63) is 35.9 Å². The zero-order chi connectivity index (χ0) is 9.64. The van der Waals surface area contributed by atoms with Crippen LogP contribution >= 0.6 is 0 Å². The molecule has 0 atom stereocenters. The zero-order valence-corrected chi connectivity index (χ0v) is 8.61. The SMILES string of the molecule is c1ccc(CCOC2CCCC2)cc1. The molecule has 0 spiro atoms. The smallest absolute Gasteiger partial charge is 0.0575 e. The second kappa shape index (κ2) is 5.16. The van der Waals surface area contributed by atoms with E-state index >= 15 is 0 Å². The van der Waals surface area contributed by atoms with E-state index in [0.717, 1.165) is 13.0 Å². The van der Waals surface area contributed by atoms with E-state index in [2.05, 4.69) is 30.3 Å². The lowest BCUT2D eigenvalue weighted by Gasteiger charge is -2.10. The molecule has 0 heterocycles. The Kier molecular flexibility index (Phi) is 3.58. The maximum absolute atomic E-state index is 5.81. The summed E-state index contributed by atoms with van der Waals surface area (Å²) in [5.41, 5.74) is 1.38. The van der Waals surface area contributed by atoms with Crippen LogP contribution in [-0.4, -0.2) is 12.7 Å². The van der Waals surface area contributed by atoms with Gasteiger partial charge in [-0.3, -0.25) is 0 Å². The third-order valence-electron chi connectivity index (χ3n) is 2.89. The van der Waals surface area contributed by atoms with Crippen LogP contribution in [0.25, 0.3) is 0 Å². The van der Waals surface area contributed by atoms with Crippen molar-refractivity contribution < 1.29 is 4.74 Å². The van der Waals surface area contributed by atoms with Gasteiger partial charge >= 0.3 is 0 Å². The van der Waals surface area contributed by atoms with Gasteiger partial charge in [-0.05, 0) is 24.8 Å². The summed E-state index contributed by atoms with van der Waals surface area (Å²) in [6.07, 6.45) is 6.87. The first-order chi connectivity index (χ1) is 6.95. The van der Waals surface area contributed by atoms with E-state index in [0.29, 0.717) is 6.10 Å². The van der Waals surface area contributed by atoms with E-state index in [4.69, 9.17) is 4.74 Å². The van der Waals surface area contributed by atoms with Gasteiger partial charge < -0.3 is 4.74 Å². The zero-order valence-electron chi connectivity index (χ0n) is 8.61. The molecule has 76 valence electrons. The molecule has 0 saturated heterocycles. The van der Waals surface area contributed by atoms with Crippen LogP contribution in [0.1, 0.15) is 31.2 Å². The first-order valence-corrected chi connectivity index (χ1v) is 5.61. The third-order valence-corrected chi connectivity index (χ3v) is 2.89. The lowest BCUT2D eigenvalue weighted by atomic mass is 10.2. The molecule has 0 N–H and O–H groups in total. The van der Waals surface area contributed by atoms with Gasteiger partial charge in [-0.1, -0.05) is 43.2 Å². The fraction of sp³-hybridized carbons (Fsp3) is 0.538. The first kappa shape index (κ1) is 9.72. The predicted octanol–water partition coefficient (Wildman–Crippen LogP) is 3.19. The number of rotatable bonds is 4. The van der Waals surface area contributed by atoms with E-state index in [1.165, 1.54) is 31.2 Å². The molecule has 0 amide bonds. The average molecular weight is 190 g/mol. The van der Waals surface area contributed by atoms with E-state index in [9.17, 15) is 0 Å². The lowest BCUT2D eigenvalue weighted by Crippen LogP contribution is -2.09. The van der Waals surface area contributed by atoms with E-state index < -0.39 is 0 Å². The van der Waals surface area contributed by atoms with Gasteiger partial charge in [-0.15, -0.1) is 0 Å². The van der Waals surface area contributed by atoms with Gasteiger partial charge in [-0.2, -0.15) is 0 Å². The van der Waals surface area contributed by atoms with Gasteiger partial charge in [0.25, 0.3) is 0 Å². The van der Waals surface area contributed by atoms with Crippen LogP contribution in [0.15, 0.2) is 30.3 Å². The molecule has 0 unspecified atom stereocenters. The largest absolute Gasteiger partial charge is 0.378 e. The summed E-state index contributed by atoms with van der Waals surface area (Å²) in [7, 11) is 0. The molecule has 1 fully saturated rings. The molecule has 0 aromatic heterocycles. The normalized spacial score (nSPS) is 17.4. The van der Waals surface area contributed by atoms with Crippen LogP contribution in [0.2, 0.25) is 0 Å². The summed E-state index contributed by atoms with van der Waals surface area (Å²) >= 11 is 0. The van der Waals surface area contributed by atoms with Gasteiger partial charge in [0, 0.05) is 0 Å². The molecule has 1 aliphatic rings. The van der Waals surface area contributed by atoms with Crippen molar-refractivity contribution >= 4 is 0 Å². The number of benzene rings is 1. The number of hydrogen-bond acceptors (Lipinski definition) is 1. The fourth-order valence-corrected chi connectivity index (χ4v) is 2.04. The molecular weight excluding hydrogens is 172 g/mol. The van der Waals surface area contributed by atoms with Gasteiger partial charge in [-0.25, -0.2) is 0 Å². The molecule has 0 radical (unpaired) electrons. The fourth-order valence-electron chi connectivity index (χ4n) is 2.04. The van der Waals surface area contributed by atoms with Crippen LogP contribution in [-0.2, 0) is 11.2 Å². The second-order valence-corrected chi connectivity index (χ2v) is 4.01. The minimum atomic E-state index is 0.554. The quantitative estimate of drug-likeness (QED) is 0.708. The monoisotopic (exact) mass is 190 g/mol. The van der Waals surface area contributed by atoms with E-state index in [1.54, 1.807) is 0 Å². The Bertz CT molecular complexity index is 249. The van der Waals surface area contributed by atoms with Gasteiger partial charge in [0.05, 0.1) is 12.7 Å². The summed E-state index contributed by atoms with van der Waals surface area (Å²) in [4.78, 5) is 0. The molecule has 2 rings (SSSR count). The molecule has 0 aliphatic heterocycles. The lowest BCUT2D eigenvalue weighted by molar-refractivity contribution is 0.0606. The van der Waals surface area contributed by atoms with Gasteiger partial charge in [0.2, 0.25) is 0 Å². The summed E-state index contributed by atoms with van der Waals surface area (Å²) in [5, 5.41) is 0. The van der Waals surface area contributed by atoms with Gasteiger partial charge in [0.15, 0.2) is 0 Å². The van der Waals surface area contributed by atoms with Crippen molar-refractivity contribution in [1.29, 1.82) is 0 Å². The van der Waals surface area contributed by atoms with Crippen molar-refractivity contribution in [2.24, 2.45) is 0 Å². The van der Waals surface area contributed by atoms with E-state index in [-0.39, 0.29) is 0 Å². The Morgan fingerprint density at radius 1 is 1.07 bits per heavy atom. The van der Waals surface area contributed by atoms with Crippen LogP contribution in [0.5, 0.6) is 0 Å². The molecule has 0 bridgehead atoms. The van der Waals surface area contributed by atoms with Crippen LogP contribution < -0.4 is 0 Å². The van der Waals surface area contributed by atoms with Crippen molar-refractivity contribution in [1.82, 2.24) is 0 Å². The van der Waals surface area contributed by atoms with Crippen LogP contribution in [0.3, 0.4) is 0 Å². The standard InChI is InChI=1S/C13H18O/c1-2-6-12(7-3-1)10-11-14-13-8-4-5-9-13/h1-3,6-7,13H,4-5,8-11H2. The minimum Gasteiger partial charge on any atom is -0.378 e. The molecule has 14 heavy (non-hydrogen) atoms. The van der Waals surface area contributed by atoms with Crippen molar-refractivity contribution in [3.63, 3.8) is 0 Å². The predicted molar refractivity (Wildman–Crippen MR) is 58.4 cm³/mol. The molecule has 1 aromatic carbocycles. The van der Waals surface area contributed by atoms with E-state index in [1.807, 2.05) is 0 Å². The van der Waals surface area contributed by atoms with Crippen LogP contribution in [0.4, 0.5) is 0 Å². The third kappa shape index (κ3) is 2.85. The Balaban J connectivity index is 1.67. The first-order valence-electron chi connectivity index (χ1n) is 5.61. The Hall–Kier alpha value is -0.820. The Morgan fingerprint density at radius 3 is 2.50 bits per heavy atom. The summed E-state index contributed by atoms with van der Waals surface area (Å²) < 4.78 is 5.81. The second-order valence-electron chi connectivity index (χ2n) is 4.01. The maximum Gasteiger partial charge on any atom is 0.0575 e. The highest BCUT2D eigenvalue weighted by atomic mass is 16.5. The summed E-state index contributed by atoms with van der Waals surface area (Å²) in [5.74, 6) is 0. The highest BCUT2D eigenvalue weighted by Gasteiger charge is 2.14. The Labute approximate surface area is 86.1 Å². The van der Waals surface area contributed by atoms with Crippen molar-refractivity contribution in [3.8, 4) is 0 Å². The van der Waals surface area contributed by atoms with Crippen LogP contribution in [0, 0.1) is 0 Å². The average Bonchev–Trinajstić information content (AvgIpc) is 2.72. The molecule has 1 aromatic rings. The minimum absolute atomic E-state index is 0.554. The van der Waals surface area contributed by atoms with Crippen molar-refractivity contribution in [2.75, 3.05) is 6.61 Å². The summed E-state index contributed by atoms with van der Waals surface area (Å²) in [6.45, 7) is 0.884. The topological polar surface area (TPSA) is 9.23 Å². The number of hydrogen-bond donors (Lipinski definition) is 0. The van der Waals surface area contributed by atoms with Gasteiger partial charge in [0.1, 0.15) is 0 Å².